The molecule has 2 N–H and O–H groups in total. The maximum atomic E-state index is 10.4. The van der Waals surface area contributed by atoms with Crippen LogP contribution in [-0.4, -0.2) is 22.8 Å². The van der Waals surface area contributed by atoms with Gasteiger partial charge >= 0.3 is 0 Å². The van der Waals surface area contributed by atoms with Gasteiger partial charge in [0.1, 0.15) is 0 Å². The third kappa shape index (κ3) is 12.2. The Morgan fingerprint density at radius 1 is 0.786 bits per heavy atom. The number of aliphatic hydroxyl groups excluding tert-OH is 1. The molecule has 0 amide bonds. The molecule has 0 aromatic carbocycles. The van der Waals surface area contributed by atoms with E-state index < -0.39 is 8.03 Å². The quantitative estimate of drug-likeness (QED) is 0.441. The Bertz CT molecular complexity index is 139. The van der Waals surface area contributed by atoms with E-state index in [2.05, 4.69) is 0 Å². The Kier molecular flexibility index (Phi) is 11.3. The molecule has 14 heavy (non-hydrogen) atoms. The predicted molar refractivity (Wildman–Crippen MR) is 60.1 cm³/mol. The summed E-state index contributed by atoms with van der Waals surface area (Å²) in [5.41, 5.74) is 0. The van der Waals surface area contributed by atoms with Crippen LogP contribution in [0.15, 0.2) is 0 Å². The fourth-order valence-electron chi connectivity index (χ4n) is 1.45. The highest BCUT2D eigenvalue weighted by Crippen LogP contribution is 2.16. The standard InChI is InChI=1S/C10H23O3P/c11-9-7-5-3-1-2-4-6-8-10-14(12)13/h11,14H,1-10H2,(H,12,13). The lowest BCUT2D eigenvalue weighted by Crippen LogP contribution is -1.85. The summed E-state index contributed by atoms with van der Waals surface area (Å²) in [7, 11) is -2.22. The maximum absolute atomic E-state index is 10.4. The molecule has 0 fully saturated rings. The van der Waals surface area contributed by atoms with Crippen molar-refractivity contribution in [3.8, 4) is 0 Å². The summed E-state index contributed by atoms with van der Waals surface area (Å²) in [6.07, 6.45) is 9.35. The lowest BCUT2D eigenvalue weighted by Gasteiger charge is -2.00. The molecule has 1 unspecified atom stereocenters. The lowest BCUT2D eigenvalue weighted by atomic mass is 10.1. The predicted octanol–water partition coefficient (Wildman–Crippen LogP) is 2.57. The maximum Gasteiger partial charge on any atom is 0.189 e. The van der Waals surface area contributed by atoms with Crippen molar-refractivity contribution in [2.45, 2.75) is 51.4 Å². The third-order valence-electron chi connectivity index (χ3n) is 2.30. The zero-order chi connectivity index (χ0) is 10.6. The van der Waals surface area contributed by atoms with E-state index in [1.165, 1.54) is 25.7 Å². The highest BCUT2D eigenvalue weighted by Gasteiger charge is 1.94. The van der Waals surface area contributed by atoms with Crippen LogP contribution in [0.2, 0.25) is 0 Å². The Morgan fingerprint density at radius 3 is 1.64 bits per heavy atom. The molecule has 0 aliphatic rings. The SMILES string of the molecule is O=[PH](O)CCCCCCCCCCO. The first-order valence-electron chi connectivity index (χ1n) is 5.60. The summed E-state index contributed by atoms with van der Waals surface area (Å²) in [5.74, 6) is 0. The normalized spacial score (nSPS) is 13.0. The Labute approximate surface area is 87.4 Å². The number of hydrogen-bond acceptors (Lipinski definition) is 2. The van der Waals surface area contributed by atoms with Gasteiger partial charge in [0.25, 0.3) is 0 Å². The second-order valence-corrected chi connectivity index (χ2v) is 4.98. The lowest BCUT2D eigenvalue weighted by molar-refractivity contribution is 0.282. The van der Waals surface area contributed by atoms with Crippen LogP contribution >= 0.6 is 8.03 Å². The molecule has 0 saturated heterocycles. The molecule has 0 rings (SSSR count). The van der Waals surface area contributed by atoms with Gasteiger partial charge in [0.2, 0.25) is 0 Å². The minimum absolute atomic E-state index is 0.310. The molecule has 0 saturated carbocycles. The van der Waals surface area contributed by atoms with Gasteiger partial charge in [-0.15, -0.1) is 0 Å². The summed E-state index contributed by atoms with van der Waals surface area (Å²) >= 11 is 0. The second-order valence-electron chi connectivity index (χ2n) is 3.70. The topological polar surface area (TPSA) is 57.5 Å². The van der Waals surface area contributed by atoms with Crippen LogP contribution in [0.3, 0.4) is 0 Å². The van der Waals surface area contributed by atoms with Crippen molar-refractivity contribution in [2.24, 2.45) is 0 Å². The molecule has 0 aromatic rings. The average molecular weight is 222 g/mol. The van der Waals surface area contributed by atoms with Crippen molar-refractivity contribution in [3.63, 3.8) is 0 Å². The molecule has 0 aliphatic carbocycles. The minimum atomic E-state index is -2.22. The first-order valence-corrected chi connectivity index (χ1v) is 7.16. The molecule has 86 valence electrons. The molecule has 0 spiro atoms. The van der Waals surface area contributed by atoms with Crippen LogP contribution in [0.25, 0.3) is 0 Å². The fraction of sp³-hybridized carbons (Fsp3) is 1.00. The van der Waals surface area contributed by atoms with E-state index in [0.717, 1.165) is 25.7 Å². The fourth-order valence-corrected chi connectivity index (χ4v) is 2.00. The number of rotatable bonds is 10. The number of aliphatic hydroxyl groups is 1. The van der Waals surface area contributed by atoms with Crippen molar-refractivity contribution < 1.29 is 14.6 Å². The van der Waals surface area contributed by atoms with E-state index in [-0.39, 0.29) is 0 Å². The van der Waals surface area contributed by atoms with E-state index in [1.54, 1.807) is 0 Å². The Balaban J connectivity index is 2.88. The van der Waals surface area contributed by atoms with Gasteiger partial charge < -0.3 is 10.00 Å². The summed E-state index contributed by atoms with van der Waals surface area (Å²) in [6, 6.07) is 0. The molecule has 0 aromatic heterocycles. The van der Waals surface area contributed by atoms with Crippen molar-refractivity contribution in [1.29, 1.82) is 0 Å². The molecular formula is C10H23O3P. The number of hydrogen-bond donors (Lipinski definition) is 2. The Hall–Kier alpha value is 0.150. The van der Waals surface area contributed by atoms with E-state index in [9.17, 15) is 4.57 Å². The van der Waals surface area contributed by atoms with Crippen LogP contribution < -0.4 is 0 Å². The van der Waals surface area contributed by atoms with Crippen molar-refractivity contribution >= 4 is 8.03 Å². The zero-order valence-corrected chi connectivity index (χ0v) is 9.87. The van der Waals surface area contributed by atoms with Gasteiger partial charge in [-0.25, -0.2) is 0 Å². The molecule has 0 heterocycles. The molecule has 4 heteroatoms. The van der Waals surface area contributed by atoms with Crippen LogP contribution in [0.5, 0.6) is 0 Å². The molecular weight excluding hydrogens is 199 g/mol. The summed E-state index contributed by atoms with van der Waals surface area (Å²) in [5, 5.41) is 8.54. The zero-order valence-electron chi connectivity index (χ0n) is 8.87. The van der Waals surface area contributed by atoms with Gasteiger partial charge in [-0.05, 0) is 12.8 Å². The van der Waals surface area contributed by atoms with Crippen LogP contribution in [0.1, 0.15) is 51.4 Å². The highest BCUT2D eigenvalue weighted by atomic mass is 31.1. The van der Waals surface area contributed by atoms with Crippen molar-refractivity contribution in [1.82, 2.24) is 0 Å². The second kappa shape index (κ2) is 11.2. The minimum Gasteiger partial charge on any atom is -0.396 e. The van der Waals surface area contributed by atoms with E-state index in [4.69, 9.17) is 10.00 Å². The van der Waals surface area contributed by atoms with Gasteiger partial charge in [-0.1, -0.05) is 38.5 Å². The highest BCUT2D eigenvalue weighted by molar-refractivity contribution is 7.37. The molecule has 1 atom stereocenters. The average Bonchev–Trinajstić information content (AvgIpc) is 2.15. The molecule has 0 aliphatic heterocycles. The van der Waals surface area contributed by atoms with Gasteiger partial charge in [0, 0.05) is 12.8 Å². The van der Waals surface area contributed by atoms with Crippen molar-refractivity contribution in [2.75, 3.05) is 12.8 Å². The van der Waals surface area contributed by atoms with Crippen LogP contribution in [0.4, 0.5) is 0 Å². The summed E-state index contributed by atoms with van der Waals surface area (Å²) in [6.45, 7) is 0.310. The smallest absolute Gasteiger partial charge is 0.189 e. The first kappa shape index (κ1) is 14.2. The van der Waals surface area contributed by atoms with E-state index >= 15 is 0 Å². The summed E-state index contributed by atoms with van der Waals surface area (Å²) in [4.78, 5) is 8.57. The van der Waals surface area contributed by atoms with Crippen LogP contribution in [-0.2, 0) is 4.57 Å². The van der Waals surface area contributed by atoms with Crippen LogP contribution in [0, 0.1) is 0 Å². The van der Waals surface area contributed by atoms with Gasteiger partial charge in [0.15, 0.2) is 8.03 Å². The first-order chi connectivity index (χ1) is 6.77. The number of unbranched alkanes of at least 4 members (excludes halogenated alkanes) is 7. The molecule has 0 radical (unpaired) electrons. The van der Waals surface area contributed by atoms with Gasteiger partial charge in [-0.2, -0.15) is 0 Å². The Morgan fingerprint density at radius 2 is 1.21 bits per heavy atom. The van der Waals surface area contributed by atoms with Crippen molar-refractivity contribution in [3.05, 3.63) is 0 Å². The van der Waals surface area contributed by atoms with E-state index in [1.807, 2.05) is 0 Å². The van der Waals surface area contributed by atoms with Gasteiger partial charge in [-0.3, -0.25) is 4.57 Å². The molecule has 0 bridgehead atoms. The molecule has 3 nitrogen and oxygen atoms in total. The third-order valence-corrected chi connectivity index (χ3v) is 3.08. The van der Waals surface area contributed by atoms with Gasteiger partial charge in [0.05, 0.1) is 0 Å². The summed E-state index contributed by atoms with van der Waals surface area (Å²) < 4.78 is 10.4. The largest absolute Gasteiger partial charge is 0.396 e. The monoisotopic (exact) mass is 222 g/mol. The van der Waals surface area contributed by atoms with E-state index in [0.29, 0.717) is 12.8 Å².